The number of aliphatic hydroxyl groups excluding tert-OH is 3. The van der Waals surface area contributed by atoms with Crippen LogP contribution in [0.15, 0.2) is 0 Å². The zero-order valence-electron chi connectivity index (χ0n) is 34.2. The van der Waals surface area contributed by atoms with E-state index in [1.165, 1.54) is 14.0 Å². The Bertz CT molecular complexity index is 1140. The Hall–Kier alpha value is -1.01. The van der Waals surface area contributed by atoms with Crippen LogP contribution in [0.4, 0.5) is 0 Å². The monoisotopic (exact) mass is 749 g/mol. The molecule has 14 nitrogen and oxygen atoms in total. The molecule has 0 aromatic heterocycles. The lowest BCUT2D eigenvalue weighted by Gasteiger charge is -2.48. The molecule has 3 fully saturated rings. The molecule has 306 valence electrons. The molecule has 0 aromatic carbocycles. The molecule has 0 unspecified atom stereocenters. The fourth-order valence-corrected chi connectivity index (χ4v) is 8.74. The van der Waals surface area contributed by atoms with Crippen LogP contribution in [0.1, 0.15) is 94.9 Å². The highest BCUT2D eigenvalue weighted by molar-refractivity contribution is 5.73. The standard InChI is InChI=1S/C38H72N2O12/c1-15-27-38(10,46)31(42)24(6)40(13)19-20(2)17-36(8,45)33(52-35-29(41)26(39(11)12)16-21(3)48-35)22(4)30(23(5)34(44)50-27)51-28-18-37(9,47-14)32(43)25(7)49-28/h20-33,35,41-43,45-46H,15-19H2,1-14H3/t20-,21-,22-,23-,24+,25+,26+,27+,28+,29-,30-,31+,32+,33-,35+,36-,37-,38-/m1/s1. The summed E-state index contributed by atoms with van der Waals surface area (Å²) in [6, 6.07) is -0.808. The number of carbonyl (C=O) groups is 1. The van der Waals surface area contributed by atoms with E-state index in [9.17, 15) is 30.3 Å². The van der Waals surface area contributed by atoms with E-state index < -0.39 is 96.0 Å². The predicted molar refractivity (Wildman–Crippen MR) is 194 cm³/mol. The first-order valence-corrected chi connectivity index (χ1v) is 19.1. The lowest BCUT2D eigenvalue weighted by atomic mass is 9.77. The van der Waals surface area contributed by atoms with Gasteiger partial charge >= 0.3 is 5.97 Å². The van der Waals surface area contributed by atoms with Crippen molar-refractivity contribution < 1.29 is 58.7 Å². The van der Waals surface area contributed by atoms with Crippen molar-refractivity contribution in [3.05, 3.63) is 0 Å². The molecule has 3 aliphatic heterocycles. The smallest absolute Gasteiger partial charge is 0.311 e. The molecule has 0 radical (unpaired) electrons. The van der Waals surface area contributed by atoms with E-state index >= 15 is 0 Å². The van der Waals surface area contributed by atoms with Crippen LogP contribution >= 0.6 is 0 Å². The van der Waals surface area contributed by atoms with Crippen LogP contribution in [0.5, 0.6) is 0 Å². The van der Waals surface area contributed by atoms with Crippen LogP contribution < -0.4 is 0 Å². The average molecular weight is 749 g/mol. The molecule has 18 atom stereocenters. The summed E-state index contributed by atoms with van der Waals surface area (Å²) in [7, 11) is 7.12. The first kappa shape index (κ1) is 45.4. The van der Waals surface area contributed by atoms with E-state index in [0.29, 0.717) is 13.0 Å². The minimum atomic E-state index is -1.80. The second-order valence-corrected chi connectivity index (χ2v) is 17.2. The maximum absolute atomic E-state index is 14.2. The van der Waals surface area contributed by atoms with Crippen LogP contribution in [0.3, 0.4) is 0 Å². The van der Waals surface area contributed by atoms with E-state index in [1.807, 2.05) is 51.7 Å². The first-order valence-electron chi connectivity index (χ1n) is 19.1. The predicted octanol–water partition coefficient (Wildman–Crippen LogP) is 1.90. The van der Waals surface area contributed by atoms with Crippen molar-refractivity contribution >= 4 is 5.97 Å². The molecule has 3 heterocycles. The Kier molecular flexibility index (Phi) is 15.6. The zero-order valence-corrected chi connectivity index (χ0v) is 34.2. The largest absolute Gasteiger partial charge is 0.459 e. The number of carbonyl (C=O) groups excluding carboxylic acids is 1. The molecule has 0 saturated carbocycles. The van der Waals surface area contributed by atoms with Gasteiger partial charge in [0.25, 0.3) is 0 Å². The Morgan fingerprint density at radius 3 is 2.12 bits per heavy atom. The number of nitrogens with zero attached hydrogens (tertiary/aromatic N) is 2. The van der Waals surface area contributed by atoms with Gasteiger partial charge in [-0.25, -0.2) is 0 Å². The maximum atomic E-state index is 14.2. The number of cyclic esters (lactones) is 1. The van der Waals surface area contributed by atoms with Gasteiger partial charge in [-0.05, 0) is 94.8 Å². The van der Waals surface area contributed by atoms with E-state index in [-0.39, 0.29) is 37.3 Å². The van der Waals surface area contributed by atoms with E-state index in [2.05, 4.69) is 0 Å². The Morgan fingerprint density at radius 1 is 0.942 bits per heavy atom. The fraction of sp³-hybridized carbons (Fsp3) is 0.974. The van der Waals surface area contributed by atoms with E-state index in [4.69, 9.17) is 28.4 Å². The highest BCUT2D eigenvalue weighted by Gasteiger charge is 2.52. The lowest BCUT2D eigenvalue weighted by Crippen LogP contribution is -2.60. The Morgan fingerprint density at radius 2 is 1.56 bits per heavy atom. The third kappa shape index (κ3) is 10.0. The van der Waals surface area contributed by atoms with E-state index in [0.717, 1.165) is 0 Å². The van der Waals surface area contributed by atoms with Gasteiger partial charge in [0.15, 0.2) is 12.6 Å². The van der Waals surface area contributed by atoms with Gasteiger partial charge < -0.3 is 63.8 Å². The van der Waals surface area contributed by atoms with Crippen LogP contribution in [0.2, 0.25) is 0 Å². The second-order valence-electron chi connectivity index (χ2n) is 17.2. The fourth-order valence-electron chi connectivity index (χ4n) is 8.74. The van der Waals surface area contributed by atoms with Crippen LogP contribution in [-0.2, 0) is 33.2 Å². The summed E-state index contributed by atoms with van der Waals surface area (Å²) in [4.78, 5) is 18.0. The molecular formula is C38H72N2O12. The zero-order chi connectivity index (χ0) is 39.7. The lowest BCUT2D eigenvalue weighted by molar-refractivity contribution is -0.318. The molecule has 5 N–H and O–H groups in total. The van der Waals surface area contributed by atoms with Crippen molar-refractivity contribution in [2.75, 3.05) is 34.8 Å². The van der Waals surface area contributed by atoms with Crippen LogP contribution in [0.25, 0.3) is 0 Å². The molecule has 3 rings (SSSR count). The highest BCUT2D eigenvalue weighted by atomic mass is 16.7. The second kappa shape index (κ2) is 17.8. The summed E-state index contributed by atoms with van der Waals surface area (Å²) < 4.78 is 37.5. The summed E-state index contributed by atoms with van der Waals surface area (Å²) in [5.41, 5.74) is -4.37. The molecule has 0 spiro atoms. The molecule has 3 aliphatic rings. The summed E-state index contributed by atoms with van der Waals surface area (Å²) in [6.07, 6.45) is -8.19. The summed E-state index contributed by atoms with van der Waals surface area (Å²) >= 11 is 0. The number of ether oxygens (including phenoxy) is 6. The number of aliphatic hydroxyl groups is 5. The van der Waals surface area contributed by atoms with Gasteiger partial charge in [-0.2, -0.15) is 0 Å². The molecule has 0 aliphatic carbocycles. The molecule has 52 heavy (non-hydrogen) atoms. The number of rotatable bonds is 7. The Balaban J connectivity index is 2.17. The normalized spacial score (nSPS) is 49.6. The van der Waals surface area contributed by atoms with Gasteiger partial charge in [-0.1, -0.05) is 20.8 Å². The van der Waals surface area contributed by atoms with Crippen LogP contribution in [-0.4, -0.2) is 166 Å². The average Bonchev–Trinajstić information content (AvgIpc) is 3.05. The molecule has 14 heteroatoms. The van der Waals surface area contributed by atoms with Gasteiger partial charge in [0, 0.05) is 38.1 Å². The highest BCUT2D eigenvalue weighted by Crippen LogP contribution is 2.40. The molecular weight excluding hydrogens is 676 g/mol. The summed E-state index contributed by atoms with van der Waals surface area (Å²) in [5.74, 6) is -2.58. The van der Waals surface area contributed by atoms with Gasteiger partial charge in [-0.15, -0.1) is 0 Å². The SMILES string of the molecule is CC[C@@H]1OC(=O)[C@H](C)[C@H](O[C@H]2C[C@@](C)(OC)[C@@H](O)[C@H](C)O2)[C@@H](C)[C@@H](O[C@@H]2O[C@H](C)C[C@H](N(C)C)[C@H]2O)[C@](C)(O)C[C@@H](C)CN(C)[C@@H](C)[C@H](O)[C@]1(C)O. The van der Waals surface area contributed by atoms with Gasteiger partial charge in [0.05, 0.1) is 41.5 Å². The van der Waals surface area contributed by atoms with Crippen molar-refractivity contribution in [2.24, 2.45) is 17.8 Å². The van der Waals surface area contributed by atoms with Crippen molar-refractivity contribution in [3.8, 4) is 0 Å². The van der Waals surface area contributed by atoms with Gasteiger partial charge in [-0.3, -0.25) is 4.79 Å². The number of hydrogen-bond acceptors (Lipinski definition) is 14. The first-order chi connectivity index (χ1) is 23.9. The quantitative estimate of drug-likeness (QED) is 0.238. The molecule has 0 amide bonds. The molecule has 0 aromatic rings. The van der Waals surface area contributed by atoms with Crippen molar-refractivity contribution in [1.82, 2.24) is 9.80 Å². The van der Waals surface area contributed by atoms with Gasteiger partial charge in [0.1, 0.15) is 30.0 Å². The number of esters is 1. The number of likely N-dealkylation sites (N-methyl/N-ethyl adjacent to an activating group) is 2. The number of hydrogen-bond donors (Lipinski definition) is 5. The van der Waals surface area contributed by atoms with Gasteiger partial charge in [0.2, 0.25) is 0 Å². The molecule has 0 bridgehead atoms. The van der Waals surface area contributed by atoms with Crippen molar-refractivity contribution in [3.63, 3.8) is 0 Å². The van der Waals surface area contributed by atoms with E-state index in [1.54, 1.807) is 41.5 Å². The van der Waals surface area contributed by atoms with Crippen molar-refractivity contribution in [1.29, 1.82) is 0 Å². The topological polar surface area (TPSA) is 180 Å². The van der Waals surface area contributed by atoms with Crippen LogP contribution in [0, 0.1) is 17.8 Å². The third-order valence-corrected chi connectivity index (χ3v) is 12.2. The maximum Gasteiger partial charge on any atom is 0.311 e. The minimum Gasteiger partial charge on any atom is -0.459 e. The summed E-state index contributed by atoms with van der Waals surface area (Å²) in [5, 5.41) is 58.1. The third-order valence-electron chi connectivity index (χ3n) is 12.2. The number of methoxy groups -OCH3 is 1. The van der Waals surface area contributed by atoms with Crippen molar-refractivity contribution in [2.45, 2.75) is 185 Å². The molecule has 3 saturated heterocycles. The summed E-state index contributed by atoms with van der Waals surface area (Å²) in [6.45, 7) is 18.0. The minimum absolute atomic E-state index is 0.133. The Labute approximate surface area is 312 Å².